The maximum absolute atomic E-state index is 12.4. The number of nitrogens with one attached hydrogen (secondary N) is 1. The summed E-state index contributed by atoms with van der Waals surface area (Å²) in [4.78, 5) is 0.129. The molecule has 114 valence electrons. The van der Waals surface area contributed by atoms with Gasteiger partial charge in [0.25, 0.3) is 10.0 Å². The number of methoxy groups -OCH3 is 1. The molecule has 2 aromatic carbocycles. The van der Waals surface area contributed by atoms with E-state index in [1.165, 1.54) is 25.3 Å². The second kappa shape index (κ2) is 6.38. The fourth-order valence-electron chi connectivity index (χ4n) is 1.87. The maximum atomic E-state index is 12.4. The summed E-state index contributed by atoms with van der Waals surface area (Å²) < 4.78 is 32.9. The van der Waals surface area contributed by atoms with E-state index >= 15 is 0 Å². The zero-order valence-corrected chi connectivity index (χ0v) is 14.3. The number of rotatable bonds is 4. The number of nitriles is 1. The van der Waals surface area contributed by atoms with E-state index < -0.39 is 10.0 Å². The molecule has 0 fully saturated rings. The number of hydrogen-bond acceptors (Lipinski definition) is 4. The van der Waals surface area contributed by atoms with Crippen LogP contribution < -0.4 is 9.46 Å². The molecule has 1 N–H and O–H groups in total. The van der Waals surface area contributed by atoms with Crippen LogP contribution in [0.25, 0.3) is 0 Å². The van der Waals surface area contributed by atoms with Gasteiger partial charge in [0.05, 0.1) is 22.2 Å². The minimum absolute atomic E-state index is 0.118. The molecule has 0 aliphatic heterocycles. The van der Waals surface area contributed by atoms with E-state index in [1.54, 1.807) is 18.2 Å². The van der Waals surface area contributed by atoms with Crippen LogP contribution in [0.2, 0.25) is 0 Å². The van der Waals surface area contributed by atoms with Crippen molar-refractivity contribution in [3.8, 4) is 11.8 Å². The molecule has 0 aliphatic carbocycles. The van der Waals surface area contributed by atoms with Crippen molar-refractivity contribution in [2.24, 2.45) is 0 Å². The molecule has 22 heavy (non-hydrogen) atoms. The van der Waals surface area contributed by atoms with E-state index in [0.29, 0.717) is 4.47 Å². The lowest BCUT2D eigenvalue weighted by molar-refractivity contribution is 0.411. The molecule has 0 heterocycles. The molecular weight excluding hydrogens is 368 g/mol. The van der Waals surface area contributed by atoms with Gasteiger partial charge in [0.1, 0.15) is 11.6 Å². The quantitative estimate of drug-likeness (QED) is 0.880. The zero-order valence-electron chi connectivity index (χ0n) is 11.9. The summed E-state index contributed by atoms with van der Waals surface area (Å²) >= 11 is 3.26. The summed E-state index contributed by atoms with van der Waals surface area (Å²) in [6.45, 7) is 1.87. The number of benzene rings is 2. The van der Waals surface area contributed by atoms with Gasteiger partial charge in [-0.3, -0.25) is 4.72 Å². The highest BCUT2D eigenvalue weighted by molar-refractivity contribution is 9.10. The number of aryl methyl sites for hydroxylation is 1. The predicted octanol–water partition coefficient (Wildman–Crippen LogP) is 3.44. The van der Waals surface area contributed by atoms with Crippen molar-refractivity contribution in [2.75, 3.05) is 11.8 Å². The Morgan fingerprint density at radius 1 is 1.18 bits per heavy atom. The van der Waals surface area contributed by atoms with Gasteiger partial charge >= 0.3 is 0 Å². The molecule has 0 radical (unpaired) electrons. The molecule has 0 amide bonds. The van der Waals surface area contributed by atoms with E-state index in [0.717, 1.165) is 5.56 Å². The Labute approximate surface area is 137 Å². The monoisotopic (exact) mass is 380 g/mol. The third-order valence-corrected chi connectivity index (χ3v) is 5.01. The largest absolute Gasteiger partial charge is 0.494 e. The highest BCUT2D eigenvalue weighted by Crippen LogP contribution is 2.34. The van der Waals surface area contributed by atoms with Crippen LogP contribution >= 0.6 is 15.9 Å². The lowest BCUT2D eigenvalue weighted by Gasteiger charge is -2.13. The van der Waals surface area contributed by atoms with Crippen LogP contribution in [0.3, 0.4) is 0 Å². The second-order valence-electron chi connectivity index (χ2n) is 4.53. The van der Waals surface area contributed by atoms with Crippen molar-refractivity contribution < 1.29 is 13.2 Å². The molecular formula is C15H13BrN2O3S. The van der Waals surface area contributed by atoms with Crippen LogP contribution in [0.1, 0.15) is 11.1 Å². The molecule has 0 spiro atoms. The van der Waals surface area contributed by atoms with Gasteiger partial charge in [-0.05, 0) is 47.1 Å². The fraction of sp³-hybridized carbons (Fsp3) is 0.133. The van der Waals surface area contributed by atoms with Gasteiger partial charge in [0.2, 0.25) is 0 Å². The fourth-order valence-corrected chi connectivity index (χ4v) is 3.44. The van der Waals surface area contributed by atoms with E-state index in [9.17, 15) is 13.7 Å². The molecule has 0 saturated carbocycles. The molecule has 2 aromatic rings. The zero-order chi connectivity index (χ0) is 16.3. The van der Waals surface area contributed by atoms with E-state index in [4.69, 9.17) is 4.74 Å². The molecule has 7 heteroatoms. The number of halogens is 1. The maximum Gasteiger partial charge on any atom is 0.261 e. The Hall–Kier alpha value is -2.04. The van der Waals surface area contributed by atoms with Crippen LogP contribution in [-0.2, 0) is 10.0 Å². The number of anilines is 1. The van der Waals surface area contributed by atoms with Crippen molar-refractivity contribution in [2.45, 2.75) is 11.8 Å². The third kappa shape index (κ3) is 3.24. The summed E-state index contributed by atoms with van der Waals surface area (Å²) in [6.07, 6.45) is 0. The molecule has 2 rings (SSSR count). The molecule has 0 aromatic heterocycles. The molecule has 0 aliphatic rings. The highest BCUT2D eigenvalue weighted by atomic mass is 79.9. The first-order valence-corrected chi connectivity index (χ1v) is 8.52. The lowest BCUT2D eigenvalue weighted by Crippen LogP contribution is -2.14. The molecule has 0 bridgehead atoms. The number of sulfonamides is 1. The highest BCUT2D eigenvalue weighted by Gasteiger charge is 2.19. The first-order valence-electron chi connectivity index (χ1n) is 6.25. The summed E-state index contributed by atoms with van der Waals surface area (Å²) in [6, 6.07) is 11.5. The number of nitrogens with zero attached hydrogens (tertiary/aromatic N) is 1. The minimum Gasteiger partial charge on any atom is -0.494 e. The SMILES string of the molecule is COc1c(Br)ccc(NS(=O)(=O)c2ccc(C)cc2)c1C#N. The number of ether oxygens (including phenoxy) is 1. The van der Waals surface area contributed by atoms with Gasteiger partial charge < -0.3 is 4.74 Å². The lowest BCUT2D eigenvalue weighted by atomic mass is 10.2. The predicted molar refractivity (Wildman–Crippen MR) is 87.4 cm³/mol. The van der Waals surface area contributed by atoms with E-state index in [2.05, 4.69) is 20.7 Å². The average Bonchev–Trinajstić information content (AvgIpc) is 2.48. The Morgan fingerprint density at radius 3 is 2.36 bits per heavy atom. The first-order chi connectivity index (χ1) is 10.4. The van der Waals surface area contributed by atoms with E-state index in [-0.39, 0.29) is 21.9 Å². The Morgan fingerprint density at radius 2 is 1.82 bits per heavy atom. The minimum atomic E-state index is -3.77. The van der Waals surface area contributed by atoms with Crippen LogP contribution in [0.4, 0.5) is 5.69 Å². The topological polar surface area (TPSA) is 79.2 Å². The van der Waals surface area contributed by atoms with Crippen molar-refractivity contribution >= 4 is 31.6 Å². The average molecular weight is 381 g/mol. The van der Waals surface area contributed by atoms with Crippen molar-refractivity contribution in [1.29, 1.82) is 5.26 Å². The number of hydrogen-bond donors (Lipinski definition) is 1. The normalized spacial score (nSPS) is 10.8. The van der Waals surface area contributed by atoms with Crippen molar-refractivity contribution in [3.63, 3.8) is 0 Å². The third-order valence-electron chi connectivity index (χ3n) is 3.00. The van der Waals surface area contributed by atoms with Gasteiger partial charge in [-0.25, -0.2) is 8.42 Å². The Kier molecular flexibility index (Phi) is 4.74. The summed E-state index contributed by atoms with van der Waals surface area (Å²) in [5, 5.41) is 9.27. The van der Waals surface area contributed by atoms with Crippen LogP contribution in [-0.4, -0.2) is 15.5 Å². The van der Waals surface area contributed by atoms with Crippen LogP contribution in [0, 0.1) is 18.3 Å². The van der Waals surface area contributed by atoms with Gasteiger partial charge in [0.15, 0.2) is 5.75 Å². The van der Waals surface area contributed by atoms with Crippen LogP contribution in [0.5, 0.6) is 5.75 Å². The van der Waals surface area contributed by atoms with Crippen molar-refractivity contribution in [3.05, 3.63) is 52.0 Å². The molecule has 0 saturated heterocycles. The summed E-state index contributed by atoms with van der Waals surface area (Å²) in [5.74, 6) is 0.284. The summed E-state index contributed by atoms with van der Waals surface area (Å²) in [7, 11) is -2.36. The van der Waals surface area contributed by atoms with Gasteiger partial charge in [0, 0.05) is 0 Å². The smallest absolute Gasteiger partial charge is 0.261 e. The second-order valence-corrected chi connectivity index (χ2v) is 7.07. The van der Waals surface area contributed by atoms with Gasteiger partial charge in [-0.1, -0.05) is 17.7 Å². The Balaban J connectivity index is 2.47. The van der Waals surface area contributed by atoms with Crippen LogP contribution in [0.15, 0.2) is 45.8 Å². The molecule has 0 atom stereocenters. The van der Waals surface area contributed by atoms with Crippen molar-refractivity contribution in [1.82, 2.24) is 0 Å². The van der Waals surface area contributed by atoms with Gasteiger partial charge in [-0.2, -0.15) is 5.26 Å². The Bertz CT molecular complexity index is 840. The molecule has 0 unspecified atom stereocenters. The summed E-state index contributed by atoms with van der Waals surface area (Å²) in [5.41, 5.74) is 1.25. The standard InChI is InChI=1S/C15H13BrN2O3S/c1-10-3-5-11(6-4-10)22(19,20)18-14-8-7-13(16)15(21-2)12(14)9-17/h3-8,18H,1-2H3. The van der Waals surface area contributed by atoms with E-state index in [1.807, 2.05) is 13.0 Å². The van der Waals surface area contributed by atoms with Gasteiger partial charge in [-0.15, -0.1) is 0 Å². The molecule has 5 nitrogen and oxygen atoms in total. The first kappa shape index (κ1) is 16.3.